The van der Waals surface area contributed by atoms with Gasteiger partial charge in [0.25, 0.3) is 0 Å². The number of fused-ring (bicyclic) bond motifs is 2. The number of thiazole rings is 1. The van der Waals surface area contributed by atoms with E-state index in [0.29, 0.717) is 11.7 Å². The van der Waals surface area contributed by atoms with E-state index >= 15 is 0 Å². The highest BCUT2D eigenvalue weighted by Gasteiger charge is 2.31. The summed E-state index contributed by atoms with van der Waals surface area (Å²) in [6.45, 7) is 2.76. The molecule has 0 bridgehead atoms. The SMILES string of the molecule is O=C(Nc1nc2c(s1)CN(CC(=O)N1CCc3ccccc31)CC2)C1CC1. The molecular formula is C20H22N4O2S. The summed E-state index contributed by atoms with van der Waals surface area (Å²) in [6.07, 6.45) is 3.75. The summed E-state index contributed by atoms with van der Waals surface area (Å²) in [4.78, 5) is 34.6. The fraction of sp³-hybridized carbons (Fsp3) is 0.450. The van der Waals surface area contributed by atoms with Crippen molar-refractivity contribution in [3.63, 3.8) is 0 Å². The molecule has 0 spiro atoms. The lowest BCUT2D eigenvalue weighted by molar-refractivity contribution is -0.120. The third kappa shape index (κ3) is 3.37. The van der Waals surface area contributed by atoms with Crippen LogP contribution in [0.5, 0.6) is 0 Å². The standard InChI is InChI=1S/C20H22N4O2S/c25-18(24-10-7-13-3-1-2-4-16(13)24)12-23-9-8-15-17(11-23)27-20(21-15)22-19(26)14-5-6-14/h1-4,14H,5-12H2,(H,21,22,26). The van der Waals surface area contributed by atoms with Crippen molar-refractivity contribution in [1.82, 2.24) is 9.88 Å². The van der Waals surface area contributed by atoms with Gasteiger partial charge in [0.2, 0.25) is 11.8 Å². The Morgan fingerprint density at radius 1 is 1.19 bits per heavy atom. The third-order valence-corrected chi connectivity index (χ3v) is 6.53. The third-order valence-electron chi connectivity index (χ3n) is 5.54. The van der Waals surface area contributed by atoms with Crippen molar-refractivity contribution in [3.05, 3.63) is 40.4 Å². The van der Waals surface area contributed by atoms with Gasteiger partial charge in [0, 0.05) is 42.5 Å². The van der Waals surface area contributed by atoms with Gasteiger partial charge in [-0.05, 0) is 30.9 Å². The van der Waals surface area contributed by atoms with Crippen LogP contribution >= 0.6 is 11.3 Å². The van der Waals surface area contributed by atoms with Crippen molar-refractivity contribution >= 4 is 34.0 Å². The number of nitrogens with zero attached hydrogens (tertiary/aromatic N) is 3. The zero-order chi connectivity index (χ0) is 18.4. The molecule has 0 atom stereocenters. The number of rotatable bonds is 4. The molecule has 2 aromatic rings. The van der Waals surface area contributed by atoms with Crippen LogP contribution in [0.2, 0.25) is 0 Å². The summed E-state index contributed by atoms with van der Waals surface area (Å²) in [5, 5.41) is 3.65. The maximum Gasteiger partial charge on any atom is 0.241 e. The first-order valence-electron chi connectivity index (χ1n) is 9.57. The Morgan fingerprint density at radius 3 is 2.89 bits per heavy atom. The highest BCUT2D eigenvalue weighted by molar-refractivity contribution is 7.15. The summed E-state index contributed by atoms with van der Waals surface area (Å²) >= 11 is 1.55. The number of carbonyl (C=O) groups excluding carboxylic acids is 2. The van der Waals surface area contributed by atoms with Gasteiger partial charge in [0.05, 0.1) is 12.2 Å². The molecule has 7 heteroatoms. The molecule has 2 amide bonds. The molecule has 1 fully saturated rings. The number of amides is 2. The lowest BCUT2D eigenvalue weighted by atomic mass is 10.1. The molecule has 1 aliphatic carbocycles. The van der Waals surface area contributed by atoms with Crippen LogP contribution in [0.1, 0.15) is 29.0 Å². The fourth-order valence-corrected chi connectivity index (χ4v) is 4.92. The van der Waals surface area contributed by atoms with Crippen LogP contribution in [0.15, 0.2) is 24.3 Å². The highest BCUT2D eigenvalue weighted by Crippen LogP contribution is 2.33. The second-order valence-corrected chi connectivity index (χ2v) is 8.62. The maximum atomic E-state index is 12.8. The first-order valence-corrected chi connectivity index (χ1v) is 10.4. The van der Waals surface area contributed by atoms with Crippen LogP contribution < -0.4 is 10.2 Å². The molecule has 1 aromatic carbocycles. The largest absolute Gasteiger partial charge is 0.311 e. The average molecular weight is 382 g/mol. The minimum atomic E-state index is 0.0980. The van der Waals surface area contributed by atoms with E-state index in [1.807, 2.05) is 23.1 Å². The second kappa shape index (κ2) is 6.73. The van der Waals surface area contributed by atoms with Crippen molar-refractivity contribution in [1.29, 1.82) is 0 Å². The molecule has 0 unspecified atom stereocenters. The number of anilines is 2. The molecular weight excluding hydrogens is 360 g/mol. The van der Waals surface area contributed by atoms with Crippen LogP contribution in [0.4, 0.5) is 10.8 Å². The number of benzene rings is 1. The van der Waals surface area contributed by atoms with Gasteiger partial charge in [-0.1, -0.05) is 18.2 Å². The number of hydrogen-bond acceptors (Lipinski definition) is 5. The van der Waals surface area contributed by atoms with Crippen LogP contribution in [-0.4, -0.2) is 41.3 Å². The van der Waals surface area contributed by atoms with E-state index in [2.05, 4.69) is 21.3 Å². The highest BCUT2D eigenvalue weighted by atomic mass is 32.1. The number of carbonyl (C=O) groups is 2. The molecule has 1 aromatic heterocycles. The Bertz CT molecular complexity index is 905. The van der Waals surface area contributed by atoms with Gasteiger partial charge in [-0.25, -0.2) is 4.98 Å². The van der Waals surface area contributed by atoms with Crippen molar-refractivity contribution in [3.8, 4) is 0 Å². The topological polar surface area (TPSA) is 65.5 Å². The average Bonchev–Trinajstić information content (AvgIpc) is 3.31. The lowest BCUT2D eigenvalue weighted by Crippen LogP contribution is -2.41. The lowest BCUT2D eigenvalue weighted by Gasteiger charge is -2.27. The molecule has 5 rings (SSSR count). The van der Waals surface area contributed by atoms with Gasteiger partial charge in [-0.2, -0.15) is 0 Å². The number of nitrogens with one attached hydrogen (secondary N) is 1. The Labute approximate surface area is 162 Å². The molecule has 2 aliphatic heterocycles. The van der Waals surface area contributed by atoms with Crippen LogP contribution in [-0.2, 0) is 29.0 Å². The second-order valence-electron chi connectivity index (χ2n) is 7.54. The molecule has 0 saturated heterocycles. The van der Waals surface area contributed by atoms with E-state index < -0.39 is 0 Å². The molecule has 6 nitrogen and oxygen atoms in total. The van der Waals surface area contributed by atoms with E-state index in [0.717, 1.165) is 56.7 Å². The molecule has 1 N–H and O–H groups in total. The molecule has 0 radical (unpaired) electrons. The minimum absolute atomic E-state index is 0.0980. The quantitative estimate of drug-likeness (QED) is 0.882. The minimum Gasteiger partial charge on any atom is -0.311 e. The van der Waals surface area contributed by atoms with Gasteiger partial charge in [-0.15, -0.1) is 11.3 Å². The number of hydrogen-bond donors (Lipinski definition) is 1. The smallest absolute Gasteiger partial charge is 0.241 e. The number of para-hydroxylation sites is 1. The van der Waals surface area contributed by atoms with Gasteiger partial charge < -0.3 is 10.2 Å². The molecule has 3 heterocycles. The molecule has 140 valence electrons. The van der Waals surface area contributed by atoms with Crippen molar-refractivity contribution in [2.75, 3.05) is 29.9 Å². The fourth-order valence-electron chi connectivity index (χ4n) is 3.86. The van der Waals surface area contributed by atoms with E-state index in [1.165, 1.54) is 10.4 Å². The van der Waals surface area contributed by atoms with Gasteiger partial charge >= 0.3 is 0 Å². The summed E-state index contributed by atoms with van der Waals surface area (Å²) in [5.74, 6) is 0.444. The molecule has 1 saturated carbocycles. The monoisotopic (exact) mass is 382 g/mol. The predicted molar refractivity (Wildman–Crippen MR) is 105 cm³/mol. The van der Waals surface area contributed by atoms with E-state index in [1.54, 1.807) is 11.3 Å². The van der Waals surface area contributed by atoms with Gasteiger partial charge in [-0.3, -0.25) is 14.5 Å². The van der Waals surface area contributed by atoms with E-state index in [9.17, 15) is 9.59 Å². The molecule has 27 heavy (non-hydrogen) atoms. The zero-order valence-corrected chi connectivity index (χ0v) is 15.9. The van der Waals surface area contributed by atoms with E-state index in [4.69, 9.17) is 0 Å². The summed E-state index contributed by atoms with van der Waals surface area (Å²) in [5.41, 5.74) is 3.38. The summed E-state index contributed by atoms with van der Waals surface area (Å²) in [6, 6.07) is 8.16. The number of aromatic nitrogens is 1. The van der Waals surface area contributed by atoms with Crippen molar-refractivity contribution < 1.29 is 9.59 Å². The van der Waals surface area contributed by atoms with Gasteiger partial charge in [0.1, 0.15) is 0 Å². The first-order chi connectivity index (χ1) is 13.2. The first kappa shape index (κ1) is 16.9. The normalized spacial score (nSPS) is 18.9. The Morgan fingerprint density at radius 2 is 2.04 bits per heavy atom. The summed E-state index contributed by atoms with van der Waals surface area (Å²) in [7, 11) is 0. The van der Waals surface area contributed by atoms with Crippen molar-refractivity contribution in [2.24, 2.45) is 5.92 Å². The Hall–Kier alpha value is -2.25. The maximum absolute atomic E-state index is 12.8. The van der Waals surface area contributed by atoms with Gasteiger partial charge in [0.15, 0.2) is 5.13 Å². The molecule has 3 aliphatic rings. The zero-order valence-electron chi connectivity index (χ0n) is 15.1. The predicted octanol–water partition coefficient (Wildman–Crippen LogP) is 2.44. The van der Waals surface area contributed by atoms with Crippen LogP contribution in [0.25, 0.3) is 0 Å². The van der Waals surface area contributed by atoms with Crippen molar-refractivity contribution in [2.45, 2.75) is 32.2 Å². The van der Waals surface area contributed by atoms with E-state index in [-0.39, 0.29) is 17.7 Å². The van der Waals surface area contributed by atoms with Crippen LogP contribution in [0.3, 0.4) is 0 Å². The Kier molecular flexibility index (Phi) is 4.21. The van der Waals surface area contributed by atoms with Crippen LogP contribution in [0, 0.1) is 5.92 Å². The Balaban J connectivity index is 1.23. The summed E-state index contributed by atoms with van der Waals surface area (Å²) < 4.78 is 0.